The number of rotatable bonds is 7. The number of likely N-dealkylation sites (tertiary alicyclic amines) is 1. The Balaban J connectivity index is 1.84. The van der Waals surface area contributed by atoms with Gasteiger partial charge in [0, 0.05) is 18.9 Å². The molecule has 25 heavy (non-hydrogen) atoms. The summed E-state index contributed by atoms with van der Waals surface area (Å²) in [5.41, 5.74) is 6.28. The van der Waals surface area contributed by atoms with Crippen molar-refractivity contribution in [2.24, 2.45) is 11.7 Å². The minimum absolute atomic E-state index is 0.120. The SMILES string of the molecule is CC(C)N1CCC(CC(=O)N[C@@H](Cc2ccc(O)cc2)C(N)=O)CC1. The van der Waals surface area contributed by atoms with E-state index in [9.17, 15) is 14.7 Å². The number of hydrogen-bond acceptors (Lipinski definition) is 4. The zero-order chi connectivity index (χ0) is 18.4. The van der Waals surface area contributed by atoms with Gasteiger partial charge in [0.05, 0.1) is 0 Å². The average Bonchev–Trinajstić information content (AvgIpc) is 2.56. The molecule has 1 atom stereocenters. The minimum Gasteiger partial charge on any atom is -0.508 e. The Hall–Kier alpha value is -2.08. The predicted octanol–water partition coefficient (Wildman–Crippen LogP) is 1.42. The molecule has 1 aromatic rings. The Bertz CT molecular complexity index is 578. The van der Waals surface area contributed by atoms with E-state index in [-0.39, 0.29) is 11.7 Å². The van der Waals surface area contributed by atoms with Crippen molar-refractivity contribution >= 4 is 11.8 Å². The van der Waals surface area contributed by atoms with E-state index in [2.05, 4.69) is 24.1 Å². The normalized spacial score (nSPS) is 17.4. The van der Waals surface area contributed by atoms with Crippen molar-refractivity contribution in [3.8, 4) is 5.75 Å². The van der Waals surface area contributed by atoms with E-state index in [1.807, 2.05) is 0 Å². The smallest absolute Gasteiger partial charge is 0.240 e. The second-order valence-electron chi connectivity index (χ2n) is 7.17. The van der Waals surface area contributed by atoms with Crippen LogP contribution in [-0.2, 0) is 16.0 Å². The summed E-state index contributed by atoms with van der Waals surface area (Å²) in [6.07, 6.45) is 2.77. The highest BCUT2D eigenvalue weighted by atomic mass is 16.3. The molecule has 1 fully saturated rings. The molecule has 1 aliphatic heterocycles. The number of phenolic OH excluding ortho intramolecular Hbond substituents is 1. The number of carbonyl (C=O) groups excluding carboxylic acids is 2. The second kappa shape index (κ2) is 8.85. The van der Waals surface area contributed by atoms with Crippen LogP contribution in [0.4, 0.5) is 0 Å². The largest absolute Gasteiger partial charge is 0.508 e. The number of piperidine rings is 1. The summed E-state index contributed by atoms with van der Waals surface area (Å²) in [6, 6.07) is 6.36. The third-order valence-corrected chi connectivity index (χ3v) is 4.91. The van der Waals surface area contributed by atoms with Gasteiger partial charge in [0.2, 0.25) is 11.8 Å². The molecule has 1 aliphatic rings. The van der Waals surface area contributed by atoms with Crippen LogP contribution in [0.3, 0.4) is 0 Å². The van der Waals surface area contributed by atoms with E-state index < -0.39 is 11.9 Å². The number of nitrogens with one attached hydrogen (secondary N) is 1. The highest BCUT2D eigenvalue weighted by Gasteiger charge is 2.25. The number of nitrogens with two attached hydrogens (primary N) is 1. The quantitative estimate of drug-likeness (QED) is 0.695. The molecule has 6 nitrogen and oxygen atoms in total. The van der Waals surface area contributed by atoms with Crippen LogP contribution in [0.25, 0.3) is 0 Å². The number of hydrogen-bond donors (Lipinski definition) is 3. The first-order chi connectivity index (χ1) is 11.8. The summed E-state index contributed by atoms with van der Waals surface area (Å²) in [5.74, 6) is -0.144. The lowest BCUT2D eigenvalue weighted by Crippen LogP contribution is -2.47. The summed E-state index contributed by atoms with van der Waals surface area (Å²) in [6.45, 7) is 6.41. The Morgan fingerprint density at radius 1 is 1.24 bits per heavy atom. The van der Waals surface area contributed by atoms with Crippen LogP contribution in [0.15, 0.2) is 24.3 Å². The van der Waals surface area contributed by atoms with E-state index in [0.29, 0.717) is 24.8 Å². The van der Waals surface area contributed by atoms with Crippen LogP contribution in [0.1, 0.15) is 38.7 Å². The molecular weight excluding hydrogens is 318 g/mol. The van der Waals surface area contributed by atoms with Crippen LogP contribution in [0.5, 0.6) is 5.75 Å². The number of amides is 2. The Labute approximate surface area is 149 Å². The fraction of sp³-hybridized carbons (Fsp3) is 0.579. The van der Waals surface area contributed by atoms with E-state index in [4.69, 9.17) is 5.73 Å². The lowest BCUT2D eigenvalue weighted by molar-refractivity contribution is -0.128. The molecule has 4 N–H and O–H groups in total. The van der Waals surface area contributed by atoms with E-state index in [1.54, 1.807) is 24.3 Å². The van der Waals surface area contributed by atoms with Crippen molar-refractivity contribution < 1.29 is 14.7 Å². The molecular formula is C19H29N3O3. The summed E-state index contributed by atoms with van der Waals surface area (Å²) >= 11 is 0. The lowest BCUT2D eigenvalue weighted by atomic mass is 9.92. The van der Waals surface area contributed by atoms with Gasteiger partial charge in [-0.1, -0.05) is 12.1 Å². The van der Waals surface area contributed by atoms with Gasteiger partial charge < -0.3 is 21.1 Å². The molecule has 0 spiro atoms. The number of carbonyl (C=O) groups is 2. The maximum absolute atomic E-state index is 12.3. The molecule has 2 rings (SSSR count). The van der Waals surface area contributed by atoms with E-state index in [0.717, 1.165) is 31.5 Å². The van der Waals surface area contributed by atoms with E-state index >= 15 is 0 Å². The predicted molar refractivity (Wildman–Crippen MR) is 97.0 cm³/mol. The van der Waals surface area contributed by atoms with Crippen molar-refractivity contribution in [2.45, 2.75) is 51.6 Å². The Morgan fingerprint density at radius 2 is 1.84 bits per heavy atom. The molecule has 0 aromatic heterocycles. The van der Waals surface area contributed by atoms with Crippen LogP contribution in [0, 0.1) is 5.92 Å². The number of phenols is 1. The van der Waals surface area contributed by atoms with Crippen molar-refractivity contribution in [3.63, 3.8) is 0 Å². The van der Waals surface area contributed by atoms with Crippen molar-refractivity contribution in [3.05, 3.63) is 29.8 Å². The molecule has 1 heterocycles. The Kier molecular flexibility index (Phi) is 6.82. The van der Waals surface area contributed by atoms with Crippen LogP contribution >= 0.6 is 0 Å². The van der Waals surface area contributed by atoms with Gasteiger partial charge in [-0.3, -0.25) is 9.59 Å². The van der Waals surface area contributed by atoms with Gasteiger partial charge in [-0.15, -0.1) is 0 Å². The van der Waals surface area contributed by atoms with Crippen molar-refractivity contribution in [1.82, 2.24) is 10.2 Å². The third-order valence-electron chi connectivity index (χ3n) is 4.91. The van der Waals surface area contributed by atoms with Gasteiger partial charge >= 0.3 is 0 Å². The average molecular weight is 347 g/mol. The number of nitrogens with zero attached hydrogens (tertiary/aromatic N) is 1. The zero-order valence-corrected chi connectivity index (χ0v) is 15.1. The van der Waals surface area contributed by atoms with Gasteiger partial charge in [0.15, 0.2) is 0 Å². The fourth-order valence-corrected chi connectivity index (χ4v) is 3.28. The highest BCUT2D eigenvalue weighted by molar-refractivity contribution is 5.86. The maximum Gasteiger partial charge on any atom is 0.240 e. The van der Waals surface area contributed by atoms with Crippen LogP contribution in [-0.4, -0.2) is 47.0 Å². The zero-order valence-electron chi connectivity index (χ0n) is 15.1. The van der Waals surface area contributed by atoms with E-state index in [1.165, 1.54) is 0 Å². The standard InChI is InChI=1S/C19H29N3O3/c1-13(2)22-9-7-15(8-10-22)12-18(24)21-17(19(20)25)11-14-3-5-16(23)6-4-14/h3-6,13,15,17,23H,7-12H2,1-2H3,(H2,20,25)(H,21,24)/t17-/m0/s1. The highest BCUT2D eigenvalue weighted by Crippen LogP contribution is 2.22. The molecule has 1 saturated heterocycles. The lowest BCUT2D eigenvalue weighted by Gasteiger charge is -2.34. The van der Waals surface area contributed by atoms with Gasteiger partial charge in [-0.2, -0.15) is 0 Å². The van der Waals surface area contributed by atoms with Crippen molar-refractivity contribution in [2.75, 3.05) is 13.1 Å². The van der Waals surface area contributed by atoms with Gasteiger partial charge in [0.1, 0.15) is 11.8 Å². The second-order valence-corrected chi connectivity index (χ2v) is 7.17. The molecule has 0 unspecified atom stereocenters. The molecule has 0 radical (unpaired) electrons. The fourth-order valence-electron chi connectivity index (χ4n) is 3.28. The topological polar surface area (TPSA) is 95.7 Å². The molecule has 1 aromatic carbocycles. The monoisotopic (exact) mass is 347 g/mol. The summed E-state index contributed by atoms with van der Waals surface area (Å²) in [7, 11) is 0. The summed E-state index contributed by atoms with van der Waals surface area (Å²) in [5, 5.41) is 12.1. The van der Waals surface area contributed by atoms with Gasteiger partial charge in [-0.25, -0.2) is 0 Å². The van der Waals surface area contributed by atoms with Crippen LogP contribution in [0.2, 0.25) is 0 Å². The van der Waals surface area contributed by atoms with Crippen molar-refractivity contribution in [1.29, 1.82) is 0 Å². The number of benzene rings is 1. The molecule has 6 heteroatoms. The van der Waals surface area contributed by atoms with Gasteiger partial charge in [-0.05, 0) is 63.4 Å². The number of aromatic hydroxyl groups is 1. The number of primary amides is 1. The molecule has 138 valence electrons. The molecule has 0 bridgehead atoms. The molecule has 2 amide bonds. The summed E-state index contributed by atoms with van der Waals surface area (Å²) < 4.78 is 0. The first kappa shape index (κ1) is 19.2. The molecule has 0 saturated carbocycles. The molecule has 0 aliphatic carbocycles. The first-order valence-electron chi connectivity index (χ1n) is 8.95. The Morgan fingerprint density at radius 3 is 2.36 bits per heavy atom. The first-order valence-corrected chi connectivity index (χ1v) is 8.95. The minimum atomic E-state index is -0.729. The van der Waals surface area contributed by atoms with Crippen LogP contribution < -0.4 is 11.1 Å². The third kappa shape index (κ3) is 6.05. The maximum atomic E-state index is 12.3. The van der Waals surface area contributed by atoms with Gasteiger partial charge in [0.25, 0.3) is 0 Å². The summed E-state index contributed by atoms with van der Waals surface area (Å²) in [4.78, 5) is 26.4.